The molecule has 1 unspecified atom stereocenters. The summed E-state index contributed by atoms with van der Waals surface area (Å²) in [6, 6.07) is -1.09. The normalized spacial score (nSPS) is 12.9. The van der Waals surface area contributed by atoms with Crippen LogP contribution in [0.15, 0.2) is 0 Å². The number of hydrogen-bond donors (Lipinski definition) is 2. The molecule has 0 radical (unpaired) electrons. The highest BCUT2D eigenvalue weighted by Crippen LogP contribution is 2.37. The van der Waals surface area contributed by atoms with Crippen molar-refractivity contribution in [1.29, 1.82) is 0 Å². The Kier molecular flexibility index (Phi) is 5.39. The van der Waals surface area contributed by atoms with Gasteiger partial charge in [-0.2, -0.15) is 18.3 Å². The molecule has 2 aromatic rings. The van der Waals surface area contributed by atoms with E-state index in [9.17, 15) is 22.8 Å². The topological polar surface area (TPSA) is 90.0 Å². The van der Waals surface area contributed by atoms with Gasteiger partial charge in [-0.15, -0.1) is 11.3 Å². The summed E-state index contributed by atoms with van der Waals surface area (Å²) in [5.41, 5.74) is 4.92. The van der Waals surface area contributed by atoms with Crippen molar-refractivity contribution in [3.8, 4) is 0 Å². The van der Waals surface area contributed by atoms with Gasteiger partial charge >= 0.3 is 6.18 Å². The Morgan fingerprint density at radius 2 is 1.88 bits per heavy atom. The van der Waals surface area contributed by atoms with Crippen molar-refractivity contribution >= 4 is 39.8 Å². The first-order valence-corrected chi connectivity index (χ1v) is 8.58. The maximum atomic E-state index is 12.9. The van der Waals surface area contributed by atoms with Crippen LogP contribution in [0.25, 0.3) is 0 Å². The van der Waals surface area contributed by atoms with Gasteiger partial charge in [0, 0.05) is 4.88 Å². The van der Waals surface area contributed by atoms with Gasteiger partial charge in [-0.1, -0.05) is 11.6 Å². The molecule has 0 aliphatic heterocycles. The summed E-state index contributed by atoms with van der Waals surface area (Å²) in [7, 11) is 0. The Bertz CT molecular complexity index is 889. The number of nitrogens with two attached hydrogens (primary N) is 1. The molecule has 3 N–H and O–H groups in total. The molecule has 2 heterocycles. The van der Waals surface area contributed by atoms with E-state index in [1.54, 1.807) is 13.8 Å². The number of rotatable bonds is 4. The molecule has 0 aliphatic rings. The lowest BCUT2D eigenvalue weighted by molar-refractivity contribution is -0.141. The zero-order valence-electron chi connectivity index (χ0n) is 14.3. The van der Waals surface area contributed by atoms with Gasteiger partial charge in [0.1, 0.15) is 11.0 Å². The first-order valence-electron chi connectivity index (χ1n) is 7.38. The summed E-state index contributed by atoms with van der Waals surface area (Å²) >= 11 is 6.86. The molecule has 11 heteroatoms. The van der Waals surface area contributed by atoms with Crippen LogP contribution >= 0.6 is 22.9 Å². The Morgan fingerprint density at radius 1 is 1.31 bits per heavy atom. The fourth-order valence-electron chi connectivity index (χ4n) is 2.40. The van der Waals surface area contributed by atoms with E-state index in [1.807, 2.05) is 0 Å². The number of aromatic nitrogens is 2. The molecule has 2 amide bonds. The van der Waals surface area contributed by atoms with Crippen LogP contribution in [0.3, 0.4) is 0 Å². The van der Waals surface area contributed by atoms with Gasteiger partial charge in [-0.3, -0.25) is 14.3 Å². The first kappa shape index (κ1) is 20.2. The van der Waals surface area contributed by atoms with Gasteiger partial charge in [0.25, 0.3) is 5.91 Å². The minimum Gasteiger partial charge on any atom is -0.365 e. The lowest BCUT2D eigenvalue weighted by Crippen LogP contribution is -2.26. The average molecular weight is 409 g/mol. The molecular weight excluding hydrogens is 393 g/mol. The van der Waals surface area contributed by atoms with E-state index >= 15 is 0 Å². The largest absolute Gasteiger partial charge is 0.436 e. The SMILES string of the molecule is Cc1sc(NC(=O)C(C)n2nc(C(F)(F)F)c(Cl)c2C)c(C(N)=O)c1C. The number of carbonyl (C=O) groups is 2. The van der Waals surface area contributed by atoms with E-state index in [1.165, 1.54) is 13.8 Å². The smallest absolute Gasteiger partial charge is 0.365 e. The van der Waals surface area contributed by atoms with Gasteiger partial charge in [0.05, 0.1) is 16.3 Å². The number of carbonyl (C=O) groups excluding carboxylic acids is 2. The number of nitrogens with zero attached hydrogens (tertiary/aromatic N) is 2. The van der Waals surface area contributed by atoms with Crippen LogP contribution in [0.4, 0.5) is 18.2 Å². The summed E-state index contributed by atoms with van der Waals surface area (Å²) < 4.78 is 39.7. The highest BCUT2D eigenvalue weighted by Gasteiger charge is 2.39. The molecule has 6 nitrogen and oxygen atoms in total. The van der Waals surface area contributed by atoms with Crippen molar-refractivity contribution in [2.45, 2.75) is 39.9 Å². The first-order chi connectivity index (χ1) is 11.9. The van der Waals surface area contributed by atoms with E-state index in [2.05, 4.69) is 10.4 Å². The van der Waals surface area contributed by atoms with Crippen LogP contribution < -0.4 is 11.1 Å². The molecule has 0 spiro atoms. The maximum absolute atomic E-state index is 12.9. The predicted octanol–water partition coefficient (Wildman–Crippen LogP) is 3.84. The minimum atomic E-state index is -4.73. The van der Waals surface area contributed by atoms with Crippen molar-refractivity contribution in [2.24, 2.45) is 5.73 Å². The Labute approximate surface area is 156 Å². The van der Waals surface area contributed by atoms with Crippen molar-refractivity contribution in [1.82, 2.24) is 9.78 Å². The summed E-state index contributed by atoms with van der Waals surface area (Å²) in [5.74, 6) is -1.35. The molecular formula is C15H16ClF3N4O2S. The lowest BCUT2D eigenvalue weighted by Gasteiger charge is -2.14. The summed E-state index contributed by atoms with van der Waals surface area (Å²) in [6.07, 6.45) is -4.73. The molecule has 26 heavy (non-hydrogen) atoms. The monoisotopic (exact) mass is 408 g/mol. The zero-order chi connectivity index (χ0) is 20.0. The third-order valence-electron chi connectivity index (χ3n) is 3.96. The Hall–Kier alpha value is -2.07. The molecule has 0 bridgehead atoms. The lowest BCUT2D eigenvalue weighted by atomic mass is 10.1. The molecule has 142 valence electrons. The van der Waals surface area contributed by atoms with E-state index in [0.29, 0.717) is 5.56 Å². The van der Waals surface area contributed by atoms with E-state index in [-0.39, 0.29) is 16.3 Å². The Morgan fingerprint density at radius 3 is 2.35 bits per heavy atom. The average Bonchev–Trinajstić information content (AvgIpc) is 2.96. The number of nitrogens with one attached hydrogen (secondary N) is 1. The molecule has 0 aromatic carbocycles. The second-order valence-corrected chi connectivity index (χ2v) is 7.31. The maximum Gasteiger partial charge on any atom is 0.436 e. The van der Waals surface area contributed by atoms with E-state index in [4.69, 9.17) is 17.3 Å². The molecule has 1 atom stereocenters. The minimum absolute atomic E-state index is 0.00954. The van der Waals surface area contributed by atoms with Crippen LogP contribution in [0.2, 0.25) is 5.02 Å². The number of thiophene rings is 1. The van der Waals surface area contributed by atoms with Gasteiger partial charge in [0.2, 0.25) is 5.91 Å². The fourth-order valence-corrected chi connectivity index (χ4v) is 3.70. The molecule has 0 aliphatic carbocycles. The van der Waals surface area contributed by atoms with Crippen LogP contribution in [0, 0.1) is 20.8 Å². The number of alkyl halides is 3. The third-order valence-corrected chi connectivity index (χ3v) is 5.54. The summed E-state index contributed by atoms with van der Waals surface area (Å²) in [6.45, 7) is 6.17. The van der Waals surface area contributed by atoms with Crippen LogP contribution in [-0.4, -0.2) is 21.6 Å². The number of amides is 2. The summed E-state index contributed by atoms with van der Waals surface area (Å²) in [4.78, 5) is 24.9. The summed E-state index contributed by atoms with van der Waals surface area (Å²) in [5, 5.41) is 5.66. The number of hydrogen-bond acceptors (Lipinski definition) is 4. The Balaban J connectivity index is 2.35. The fraction of sp³-hybridized carbons (Fsp3) is 0.400. The molecule has 0 saturated heterocycles. The molecule has 0 fully saturated rings. The number of anilines is 1. The van der Waals surface area contributed by atoms with E-state index in [0.717, 1.165) is 20.9 Å². The van der Waals surface area contributed by atoms with Crippen molar-refractivity contribution in [3.05, 3.63) is 32.4 Å². The van der Waals surface area contributed by atoms with Crippen LogP contribution in [-0.2, 0) is 11.0 Å². The van der Waals surface area contributed by atoms with Crippen molar-refractivity contribution in [2.75, 3.05) is 5.32 Å². The highest BCUT2D eigenvalue weighted by molar-refractivity contribution is 7.16. The van der Waals surface area contributed by atoms with Crippen molar-refractivity contribution in [3.63, 3.8) is 0 Å². The van der Waals surface area contributed by atoms with Crippen LogP contribution in [0.5, 0.6) is 0 Å². The zero-order valence-corrected chi connectivity index (χ0v) is 15.9. The van der Waals surface area contributed by atoms with E-state index < -0.39 is 34.7 Å². The standard InChI is InChI=1S/C15H16ClF3N4O2S/c1-5-8(4)26-14(9(5)12(20)24)21-13(25)7(3)23-6(2)10(16)11(22-23)15(17,18)19/h7H,1-4H3,(H2,20,24)(H,21,25). The third kappa shape index (κ3) is 3.56. The van der Waals surface area contributed by atoms with Gasteiger partial charge in [-0.05, 0) is 33.3 Å². The number of halogens is 4. The van der Waals surface area contributed by atoms with Gasteiger partial charge in [0.15, 0.2) is 5.69 Å². The second-order valence-electron chi connectivity index (χ2n) is 5.71. The number of aryl methyl sites for hydroxylation is 1. The molecule has 2 aromatic heterocycles. The molecule has 0 saturated carbocycles. The quantitative estimate of drug-likeness (QED) is 0.805. The highest BCUT2D eigenvalue weighted by atomic mass is 35.5. The van der Waals surface area contributed by atoms with Gasteiger partial charge in [-0.25, -0.2) is 0 Å². The van der Waals surface area contributed by atoms with Crippen LogP contribution in [0.1, 0.15) is 45.2 Å². The predicted molar refractivity (Wildman–Crippen MR) is 92.6 cm³/mol. The second kappa shape index (κ2) is 6.92. The van der Waals surface area contributed by atoms with Gasteiger partial charge < -0.3 is 11.1 Å². The number of primary amides is 1. The molecule has 2 rings (SSSR count). The van der Waals surface area contributed by atoms with Crippen molar-refractivity contribution < 1.29 is 22.8 Å².